The minimum absolute atomic E-state index is 0.0278. The molecule has 2 aliphatic heterocycles. The molecule has 0 bridgehead atoms. The second kappa shape index (κ2) is 9.23. The second-order valence-electron chi connectivity index (χ2n) is 9.02. The Bertz CT molecular complexity index is 1180. The maximum absolute atomic E-state index is 11.5. The van der Waals surface area contributed by atoms with E-state index in [0.29, 0.717) is 25.9 Å². The lowest BCUT2D eigenvalue weighted by molar-refractivity contribution is 0.0583. The first kappa shape index (κ1) is 22.0. The van der Waals surface area contributed by atoms with Crippen molar-refractivity contribution in [2.24, 2.45) is 5.92 Å². The zero-order valence-electron chi connectivity index (χ0n) is 18.8. The van der Waals surface area contributed by atoms with Crippen molar-refractivity contribution in [2.75, 3.05) is 30.3 Å². The Hall–Kier alpha value is -2.77. The van der Waals surface area contributed by atoms with Crippen molar-refractivity contribution in [1.82, 2.24) is 9.88 Å². The van der Waals surface area contributed by atoms with Crippen LogP contribution in [0, 0.1) is 12.8 Å². The number of anilines is 1. The molecule has 2 N–H and O–H groups in total. The lowest BCUT2D eigenvalue weighted by atomic mass is 9.86. The van der Waals surface area contributed by atoms with Crippen LogP contribution in [-0.2, 0) is 6.54 Å². The molecule has 1 fully saturated rings. The molecule has 3 aromatic rings. The number of thioether (sulfide) groups is 1. The molecule has 0 radical (unpaired) electrons. The number of carbonyl (C=O) groups is 1. The van der Waals surface area contributed by atoms with Gasteiger partial charge in [-0.15, -0.1) is 11.8 Å². The van der Waals surface area contributed by atoms with E-state index in [0.717, 1.165) is 46.7 Å². The summed E-state index contributed by atoms with van der Waals surface area (Å²) in [6.45, 7) is 4.66. The summed E-state index contributed by atoms with van der Waals surface area (Å²) >= 11 is 1.88. The van der Waals surface area contributed by atoms with Crippen molar-refractivity contribution >= 4 is 34.6 Å². The predicted molar refractivity (Wildman–Crippen MR) is 132 cm³/mol. The van der Waals surface area contributed by atoms with Crippen LogP contribution in [0.25, 0.3) is 10.9 Å². The first-order valence-electron chi connectivity index (χ1n) is 11.5. The summed E-state index contributed by atoms with van der Waals surface area (Å²) < 4.78 is 0. The fourth-order valence-electron chi connectivity index (χ4n) is 4.94. The zero-order valence-corrected chi connectivity index (χ0v) is 19.6. The lowest BCUT2D eigenvalue weighted by Gasteiger charge is -2.33. The van der Waals surface area contributed by atoms with Crippen molar-refractivity contribution in [3.05, 3.63) is 65.2 Å². The zero-order chi connectivity index (χ0) is 22.9. The van der Waals surface area contributed by atoms with Crippen LogP contribution >= 0.6 is 11.8 Å². The van der Waals surface area contributed by atoms with E-state index in [9.17, 15) is 15.0 Å². The molecular weight excluding hydrogens is 434 g/mol. The van der Waals surface area contributed by atoms with Gasteiger partial charge in [0.2, 0.25) is 0 Å². The standard InChI is InChI=1S/C26H29N3O3S/c1-17-6-7-22-20(14-17)21(25(30)18-8-10-28(11-9-18)26(31)32)15-24(27-22)29-12-13-33-23-5-3-2-4-19(23)16-29/h2-7,14-15,18,25,30H,8-13,16H2,1H3,(H,31,32). The lowest BCUT2D eigenvalue weighted by Crippen LogP contribution is -2.38. The molecule has 1 amide bonds. The number of nitrogens with zero attached hydrogens (tertiary/aromatic N) is 3. The number of aliphatic hydroxyl groups is 1. The monoisotopic (exact) mass is 463 g/mol. The van der Waals surface area contributed by atoms with Gasteiger partial charge in [-0.05, 0) is 61.1 Å². The number of piperidine rings is 1. The summed E-state index contributed by atoms with van der Waals surface area (Å²) in [5.74, 6) is 1.90. The number of aromatic nitrogens is 1. The molecule has 33 heavy (non-hydrogen) atoms. The van der Waals surface area contributed by atoms with Crippen LogP contribution in [0.4, 0.5) is 10.6 Å². The van der Waals surface area contributed by atoms with E-state index in [1.54, 1.807) is 0 Å². The number of hydrogen-bond acceptors (Lipinski definition) is 5. The summed E-state index contributed by atoms with van der Waals surface area (Å²) in [6.07, 6.45) is -0.214. The molecule has 2 aromatic carbocycles. The third kappa shape index (κ3) is 4.52. The maximum atomic E-state index is 11.5. The van der Waals surface area contributed by atoms with Crippen molar-refractivity contribution < 1.29 is 15.0 Å². The van der Waals surface area contributed by atoms with E-state index < -0.39 is 12.2 Å². The molecule has 1 unspecified atom stereocenters. The number of aryl methyl sites for hydroxylation is 1. The molecule has 1 aromatic heterocycles. The highest BCUT2D eigenvalue weighted by molar-refractivity contribution is 7.99. The number of fused-ring (bicyclic) bond motifs is 2. The number of benzene rings is 2. The van der Waals surface area contributed by atoms with Gasteiger partial charge in [0.05, 0.1) is 11.6 Å². The molecule has 7 heteroatoms. The molecule has 172 valence electrons. The van der Waals surface area contributed by atoms with Gasteiger partial charge in [-0.3, -0.25) is 0 Å². The third-order valence-corrected chi connectivity index (χ3v) is 7.93. The molecule has 1 atom stereocenters. The SMILES string of the molecule is Cc1ccc2nc(N3CCSc4ccccc4C3)cc(C(O)C3CCN(C(=O)O)CC3)c2c1. The van der Waals surface area contributed by atoms with Crippen LogP contribution in [-0.4, -0.2) is 51.6 Å². The fourth-order valence-corrected chi connectivity index (χ4v) is 5.96. The topological polar surface area (TPSA) is 76.9 Å². The van der Waals surface area contributed by atoms with E-state index >= 15 is 0 Å². The van der Waals surface area contributed by atoms with Crippen molar-refractivity contribution in [3.8, 4) is 0 Å². The quantitative estimate of drug-likeness (QED) is 0.564. The van der Waals surface area contributed by atoms with Gasteiger partial charge in [0.15, 0.2) is 0 Å². The maximum Gasteiger partial charge on any atom is 0.407 e. The highest BCUT2D eigenvalue weighted by Gasteiger charge is 2.30. The highest BCUT2D eigenvalue weighted by atomic mass is 32.2. The third-order valence-electron chi connectivity index (χ3n) is 6.83. The van der Waals surface area contributed by atoms with Crippen molar-refractivity contribution in [3.63, 3.8) is 0 Å². The van der Waals surface area contributed by atoms with Gasteiger partial charge in [0, 0.05) is 42.2 Å². The van der Waals surface area contributed by atoms with E-state index in [1.807, 2.05) is 17.8 Å². The fraction of sp³-hybridized carbons (Fsp3) is 0.385. The number of amides is 1. The normalized spacial score (nSPS) is 18.1. The van der Waals surface area contributed by atoms with E-state index in [1.165, 1.54) is 15.4 Å². The molecule has 0 saturated carbocycles. The Morgan fingerprint density at radius 1 is 1.12 bits per heavy atom. The average molecular weight is 464 g/mol. The van der Waals surface area contributed by atoms with E-state index in [4.69, 9.17) is 4.98 Å². The first-order valence-corrected chi connectivity index (χ1v) is 12.5. The van der Waals surface area contributed by atoms with Crippen LogP contribution in [0.5, 0.6) is 0 Å². The summed E-state index contributed by atoms with van der Waals surface area (Å²) in [5.41, 5.74) is 4.22. The second-order valence-corrected chi connectivity index (χ2v) is 10.2. The van der Waals surface area contributed by atoms with Gasteiger partial charge in [-0.1, -0.05) is 29.8 Å². The Morgan fingerprint density at radius 3 is 2.70 bits per heavy atom. The number of carboxylic acid groups (broad SMARTS) is 1. The number of hydrogen-bond donors (Lipinski definition) is 2. The number of rotatable bonds is 3. The Morgan fingerprint density at radius 2 is 1.91 bits per heavy atom. The van der Waals surface area contributed by atoms with E-state index in [-0.39, 0.29) is 5.92 Å². The number of pyridine rings is 1. The Kier molecular flexibility index (Phi) is 6.17. The van der Waals surface area contributed by atoms with Crippen molar-refractivity contribution in [2.45, 2.75) is 37.3 Å². The van der Waals surface area contributed by atoms with Crippen LogP contribution in [0.3, 0.4) is 0 Å². The highest BCUT2D eigenvalue weighted by Crippen LogP contribution is 2.37. The molecule has 0 aliphatic carbocycles. The molecule has 2 aliphatic rings. The van der Waals surface area contributed by atoms with Gasteiger partial charge in [-0.2, -0.15) is 0 Å². The van der Waals surface area contributed by atoms with Crippen LogP contribution in [0.2, 0.25) is 0 Å². The van der Waals surface area contributed by atoms with Gasteiger partial charge < -0.3 is 20.0 Å². The van der Waals surface area contributed by atoms with Gasteiger partial charge >= 0.3 is 6.09 Å². The van der Waals surface area contributed by atoms with Gasteiger partial charge in [0.25, 0.3) is 0 Å². The van der Waals surface area contributed by atoms with Gasteiger partial charge in [0.1, 0.15) is 5.82 Å². The van der Waals surface area contributed by atoms with E-state index in [2.05, 4.69) is 54.3 Å². The summed E-state index contributed by atoms with van der Waals surface area (Å²) in [6, 6.07) is 16.8. The summed E-state index contributed by atoms with van der Waals surface area (Å²) in [7, 11) is 0. The van der Waals surface area contributed by atoms with Crippen LogP contribution in [0.1, 0.15) is 35.6 Å². The molecule has 1 saturated heterocycles. The average Bonchev–Trinajstić information content (AvgIpc) is 3.05. The predicted octanol–water partition coefficient (Wildman–Crippen LogP) is 5.08. The minimum Gasteiger partial charge on any atom is -0.465 e. The first-order chi connectivity index (χ1) is 16.0. The number of aliphatic hydroxyl groups excluding tert-OH is 1. The molecular formula is C26H29N3O3S. The largest absolute Gasteiger partial charge is 0.465 e. The van der Waals surface area contributed by atoms with Gasteiger partial charge in [-0.25, -0.2) is 9.78 Å². The summed E-state index contributed by atoms with van der Waals surface area (Å²) in [5, 5.41) is 21.7. The molecule has 3 heterocycles. The molecule has 6 nitrogen and oxygen atoms in total. The smallest absolute Gasteiger partial charge is 0.407 e. The number of likely N-dealkylation sites (tertiary alicyclic amines) is 1. The van der Waals surface area contributed by atoms with Crippen molar-refractivity contribution in [1.29, 1.82) is 0 Å². The van der Waals surface area contributed by atoms with Crippen LogP contribution in [0.15, 0.2) is 53.4 Å². The van der Waals surface area contributed by atoms with Crippen LogP contribution < -0.4 is 4.90 Å². The minimum atomic E-state index is -0.880. The Balaban J connectivity index is 1.50. The Labute approximate surface area is 198 Å². The molecule has 0 spiro atoms. The molecule has 5 rings (SSSR count). The summed E-state index contributed by atoms with van der Waals surface area (Å²) in [4.78, 5) is 21.4.